The van der Waals surface area contributed by atoms with E-state index >= 15 is 0 Å². The Balaban J connectivity index is 0.00000107. The van der Waals surface area contributed by atoms with Crippen molar-refractivity contribution in [3.8, 4) is 0 Å². The van der Waals surface area contributed by atoms with Gasteiger partial charge in [-0.15, -0.1) is 0 Å². The van der Waals surface area contributed by atoms with Gasteiger partial charge in [-0.3, -0.25) is 0 Å². The number of fused-ring (bicyclic) bond motifs is 7. The van der Waals surface area contributed by atoms with E-state index in [-0.39, 0.29) is 0 Å². The lowest BCUT2D eigenvalue weighted by Gasteiger charge is -2.76. The van der Waals surface area contributed by atoms with Gasteiger partial charge in [0.15, 0.2) is 0 Å². The number of rotatable bonds is 3. The second kappa shape index (κ2) is 10.7. The average Bonchev–Trinajstić information content (AvgIpc) is 2.85. The molecule has 0 aliphatic heterocycles. The fourth-order valence-corrected chi connectivity index (χ4v) is 13.6. The zero-order valence-corrected chi connectivity index (χ0v) is 28.3. The van der Waals surface area contributed by atoms with Crippen LogP contribution in [-0.4, -0.2) is 0 Å². The summed E-state index contributed by atoms with van der Waals surface area (Å²) in [5, 5.41) is 0. The van der Waals surface area contributed by atoms with Gasteiger partial charge < -0.3 is 0 Å². The Labute approximate surface area is 240 Å². The van der Waals surface area contributed by atoms with Crippen molar-refractivity contribution in [3.63, 3.8) is 0 Å². The molecule has 0 aromatic carbocycles. The molecule has 0 saturated heterocycles. The number of hydrogen-bond acceptors (Lipinski definition) is 0. The molecule has 0 amide bonds. The molecule has 0 radical (unpaired) electrons. The van der Waals surface area contributed by atoms with Crippen LogP contribution in [-0.2, 0) is 0 Å². The lowest BCUT2D eigenvalue weighted by atomic mass is 9.29. The van der Waals surface area contributed by atoms with Crippen LogP contribution in [0.15, 0.2) is 0 Å². The summed E-state index contributed by atoms with van der Waals surface area (Å²) < 4.78 is 0. The van der Waals surface area contributed by atoms with E-state index < -0.39 is 0 Å². The van der Waals surface area contributed by atoms with Crippen LogP contribution in [0, 0.1) is 74.4 Å². The average molecular weight is 527 g/mol. The van der Waals surface area contributed by atoms with E-state index in [4.69, 9.17) is 0 Å². The lowest BCUT2D eigenvalue weighted by molar-refractivity contribution is -0.273. The molecule has 0 bridgehead atoms. The van der Waals surface area contributed by atoms with E-state index in [9.17, 15) is 0 Å². The van der Waals surface area contributed by atoms with Crippen LogP contribution in [0.5, 0.6) is 0 Å². The van der Waals surface area contributed by atoms with Gasteiger partial charge in [-0.1, -0.05) is 102 Å². The van der Waals surface area contributed by atoms with E-state index in [2.05, 4.69) is 83.1 Å². The van der Waals surface area contributed by atoms with Gasteiger partial charge in [0, 0.05) is 0 Å². The van der Waals surface area contributed by atoms with Gasteiger partial charge in [0.2, 0.25) is 0 Å². The van der Waals surface area contributed by atoms with Crippen LogP contribution in [0.25, 0.3) is 0 Å². The van der Waals surface area contributed by atoms with Gasteiger partial charge in [0.05, 0.1) is 0 Å². The predicted molar refractivity (Wildman–Crippen MR) is 168 cm³/mol. The van der Waals surface area contributed by atoms with E-state index in [1.807, 2.05) is 0 Å². The molecule has 5 saturated carbocycles. The summed E-state index contributed by atoms with van der Waals surface area (Å²) in [6.45, 7) is 31.1. The standard InChI is InChI=1S/C35H62.C3H8/c1-11-17-35-19-15-23(3)25(5)30(35)27-13-14-28-32(8)18-16-26(12-2)31(6,7)29(32)22-24(4)34(28,10)33(27,9)20-21-35;1-3-2/h23-30H,11-22H2,1-10H3;3H2,1-2H3. The Morgan fingerprint density at radius 2 is 1.37 bits per heavy atom. The normalized spacial score (nSPS) is 53.4. The fourth-order valence-electron chi connectivity index (χ4n) is 13.6. The first-order valence-electron chi connectivity index (χ1n) is 17.7. The van der Waals surface area contributed by atoms with Gasteiger partial charge in [-0.05, 0) is 139 Å². The van der Waals surface area contributed by atoms with E-state index in [1.54, 1.807) is 0 Å². The molecule has 0 N–H and O–H groups in total. The van der Waals surface area contributed by atoms with Crippen LogP contribution in [0.4, 0.5) is 0 Å². The molecule has 0 aromatic rings. The molecular formula is C38H70. The van der Waals surface area contributed by atoms with Gasteiger partial charge in [0.25, 0.3) is 0 Å². The smallest absolute Gasteiger partial charge is 0.0210 e. The highest BCUT2D eigenvalue weighted by atomic mass is 14.8. The van der Waals surface area contributed by atoms with E-state index in [0.717, 1.165) is 47.3 Å². The second-order valence-electron chi connectivity index (χ2n) is 17.3. The molecule has 5 rings (SSSR count). The van der Waals surface area contributed by atoms with Crippen LogP contribution in [0.1, 0.15) is 167 Å². The summed E-state index contributed by atoms with van der Waals surface area (Å²) in [6.07, 6.45) is 19.2. The summed E-state index contributed by atoms with van der Waals surface area (Å²) in [7, 11) is 0. The van der Waals surface area contributed by atoms with Crippen LogP contribution in [0.3, 0.4) is 0 Å². The Morgan fingerprint density at radius 3 is 1.97 bits per heavy atom. The largest absolute Gasteiger partial charge is 0.0656 e. The first-order chi connectivity index (χ1) is 17.7. The molecule has 12 unspecified atom stereocenters. The van der Waals surface area contributed by atoms with Gasteiger partial charge in [-0.25, -0.2) is 0 Å². The highest BCUT2D eigenvalue weighted by Gasteiger charge is 2.71. The summed E-state index contributed by atoms with van der Waals surface area (Å²) in [4.78, 5) is 0. The molecule has 5 fully saturated rings. The van der Waals surface area contributed by atoms with Crippen molar-refractivity contribution >= 4 is 0 Å². The van der Waals surface area contributed by atoms with Gasteiger partial charge in [0.1, 0.15) is 0 Å². The van der Waals surface area contributed by atoms with E-state index in [1.165, 1.54) is 83.5 Å². The molecule has 38 heavy (non-hydrogen) atoms. The van der Waals surface area contributed by atoms with Crippen molar-refractivity contribution in [2.75, 3.05) is 0 Å². The zero-order chi connectivity index (χ0) is 28.3. The fraction of sp³-hybridized carbons (Fsp3) is 1.00. The number of hydrogen-bond donors (Lipinski definition) is 0. The van der Waals surface area contributed by atoms with Gasteiger partial charge >= 0.3 is 0 Å². The van der Waals surface area contributed by atoms with E-state index in [0.29, 0.717) is 27.1 Å². The zero-order valence-electron chi connectivity index (χ0n) is 28.3. The van der Waals surface area contributed by atoms with Gasteiger partial charge in [-0.2, -0.15) is 0 Å². The molecule has 5 aliphatic rings. The summed E-state index contributed by atoms with van der Waals surface area (Å²) in [5.74, 6) is 7.42. The molecule has 0 heteroatoms. The summed E-state index contributed by atoms with van der Waals surface area (Å²) in [5.41, 5.74) is 2.76. The molecule has 0 aromatic heterocycles. The molecule has 0 heterocycles. The third kappa shape index (κ3) is 4.16. The van der Waals surface area contributed by atoms with Crippen molar-refractivity contribution < 1.29 is 0 Å². The predicted octanol–water partition coefficient (Wildman–Crippen LogP) is 12.2. The molecule has 12 atom stereocenters. The first-order valence-corrected chi connectivity index (χ1v) is 17.7. The molecule has 222 valence electrons. The SMILES string of the molecule is CCC.CCCC12CCC(C)C(C)C1C1CCC3C4(C)CCC(CC)C(C)(C)C4CC(C)C3(C)C1(C)CC2. The molecular weight excluding hydrogens is 456 g/mol. The highest BCUT2D eigenvalue weighted by molar-refractivity contribution is 5.20. The minimum Gasteiger partial charge on any atom is -0.0656 e. The highest BCUT2D eigenvalue weighted by Crippen LogP contribution is 2.78. The maximum atomic E-state index is 2.86. The van der Waals surface area contributed by atoms with Crippen molar-refractivity contribution in [2.45, 2.75) is 167 Å². The Hall–Kier alpha value is 0. The second-order valence-corrected chi connectivity index (χ2v) is 17.3. The minimum atomic E-state index is 0.505. The van der Waals surface area contributed by atoms with Crippen molar-refractivity contribution in [1.29, 1.82) is 0 Å². The summed E-state index contributed by atoms with van der Waals surface area (Å²) >= 11 is 0. The lowest BCUT2D eigenvalue weighted by Crippen LogP contribution is -2.69. The van der Waals surface area contributed by atoms with Crippen LogP contribution >= 0.6 is 0 Å². The quantitative estimate of drug-likeness (QED) is 0.343. The topological polar surface area (TPSA) is 0 Å². The van der Waals surface area contributed by atoms with Crippen molar-refractivity contribution in [1.82, 2.24) is 0 Å². The van der Waals surface area contributed by atoms with Crippen LogP contribution in [0.2, 0.25) is 0 Å². The maximum absolute atomic E-state index is 2.86. The van der Waals surface area contributed by atoms with Crippen molar-refractivity contribution in [3.05, 3.63) is 0 Å². The molecule has 0 spiro atoms. The van der Waals surface area contributed by atoms with Crippen LogP contribution < -0.4 is 0 Å². The third-order valence-electron chi connectivity index (χ3n) is 15.8. The maximum Gasteiger partial charge on any atom is -0.0210 e. The first kappa shape index (κ1) is 30.9. The summed E-state index contributed by atoms with van der Waals surface area (Å²) in [6, 6.07) is 0. The Morgan fingerprint density at radius 1 is 0.711 bits per heavy atom. The minimum absolute atomic E-state index is 0.505. The van der Waals surface area contributed by atoms with Crippen molar-refractivity contribution in [2.24, 2.45) is 74.4 Å². The monoisotopic (exact) mass is 527 g/mol. The Bertz CT molecular complexity index is 809. The molecule has 0 nitrogen and oxygen atoms in total. The Kier molecular flexibility index (Phi) is 8.70. The third-order valence-corrected chi connectivity index (χ3v) is 15.8. The molecule has 5 aliphatic carbocycles.